The fourth-order valence-electron chi connectivity index (χ4n) is 3.34. The molecule has 0 aliphatic heterocycles. The van der Waals surface area contributed by atoms with Crippen molar-refractivity contribution in [1.29, 1.82) is 0 Å². The molecular formula is C10H14N2. The van der Waals surface area contributed by atoms with Crippen molar-refractivity contribution in [2.24, 2.45) is 5.41 Å². The Labute approximate surface area is 72.4 Å². The van der Waals surface area contributed by atoms with Crippen LogP contribution in [0.4, 0.5) is 0 Å². The summed E-state index contributed by atoms with van der Waals surface area (Å²) in [5, 5.41) is 0. The number of aromatic amines is 1. The highest BCUT2D eigenvalue weighted by Crippen LogP contribution is 2.66. The standard InChI is InChI=1S/C10H14N2/c1-9-2-3-10(5-9,6-9)8-4-11-7-12-8/h4,7H,2-3,5-6H2,1H3,(H,11,12). The number of rotatable bonds is 1. The molecule has 0 saturated heterocycles. The molecule has 1 N–H and O–H groups in total. The van der Waals surface area contributed by atoms with E-state index in [-0.39, 0.29) is 0 Å². The van der Waals surface area contributed by atoms with E-state index in [1.807, 2.05) is 0 Å². The van der Waals surface area contributed by atoms with Crippen molar-refractivity contribution in [2.45, 2.75) is 38.0 Å². The molecule has 0 aromatic carbocycles. The summed E-state index contributed by atoms with van der Waals surface area (Å²) in [7, 11) is 0. The SMILES string of the molecule is CC12CCC(c3c[nH]cn3)(C1)C2. The highest BCUT2D eigenvalue weighted by atomic mass is 14.9. The minimum atomic E-state index is 0.481. The van der Waals surface area contributed by atoms with E-state index in [0.29, 0.717) is 10.8 Å². The van der Waals surface area contributed by atoms with Gasteiger partial charge in [-0.2, -0.15) is 0 Å². The summed E-state index contributed by atoms with van der Waals surface area (Å²) in [5.41, 5.74) is 2.45. The summed E-state index contributed by atoms with van der Waals surface area (Å²) in [4.78, 5) is 7.44. The van der Waals surface area contributed by atoms with Gasteiger partial charge in [-0.25, -0.2) is 4.98 Å². The van der Waals surface area contributed by atoms with E-state index in [1.54, 1.807) is 6.33 Å². The highest BCUT2D eigenvalue weighted by Gasteiger charge is 2.59. The summed E-state index contributed by atoms with van der Waals surface area (Å²) in [5.74, 6) is 0. The lowest BCUT2D eigenvalue weighted by molar-refractivity contribution is 0.129. The molecule has 0 unspecified atom stereocenters. The quantitative estimate of drug-likeness (QED) is 0.674. The van der Waals surface area contributed by atoms with Crippen LogP contribution in [0.2, 0.25) is 0 Å². The summed E-state index contributed by atoms with van der Waals surface area (Å²) >= 11 is 0. The van der Waals surface area contributed by atoms with E-state index >= 15 is 0 Å². The number of nitrogens with one attached hydrogen (secondary N) is 1. The lowest BCUT2D eigenvalue weighted by atomic mass is 9.60. The monoisotopic (exact) mass is 162 g/mol. The van der Waals surface area contributed by atoms with E-state index in [0.717, 1.165) is 0 Å². The summed E-state index contributed by atoms with van der Waals surface area (Å²) in [6.45, 7) is 2.41. The molecule has 0 spiro atoms. The molecule has 0 atom stereocenters. The summed E-state index contributed by atoms with van der Waals surface area (Å²) in [6.07, 6.45) is 9.37. The molecule has 12 heavy (non-hydrogen) atoms. The Morgan fingerprint density at radius 1 is 1.42 bits per heavy atom. The number of aromatic nitrogens is 2. The van der Waals surface area contributed by atoms with Crippen molar-refractivity contribution in [2.75, 3.05) is 0 Å². The molecule has 1 aromatic heterocycles. The smallest absolute Gasteiger partial charge is 0.0923 e. The zero-order chi connectivity index (χ0) is 8.23. The molecule has 4 rings (SSSR count). The topological polar surface area (TPSA) is 28.7 Å². The Kier molecular flexibility index (Phi) is 0.980. The molecule has 2 bridgehead atoms. The van der Waals surface area contributed by atoms with Crippen LogP contribution in [0.25, 0.3) is 0 Å². The first-order chi connectivity index (χ1) is 5.73. The van der Waals surface area contributed by atoms with E-state index in [4.69, 9.17) is 0 Å². The van der Waals surface area contributed by atoms with Gasteiger partial charge in [0.25, 0.3) is 0 Å². The zero-order valence-corrected chi connectivity index (χ0v) is 7.43. The van der Waals surface area contributed by atoms with E-state index in [9.17, 15) is 0 Å². The Hall–Kier alpha value is -0.790. The number of fused-ring (bicyclic) bond motifs is 1. The number of imidazole rings is 1. The van der Waals surface area contributed by atoms with Gasteiger partial charge in [0, 0.05) is 11.6 Å². The van der Waals surface area contributed by atoms with Crippen LogP contribution in [0, 0.1) is 5.41 Å². The van der Waals surface area contributed by atoms with Crippen LogP contribution >= 0.6 is 0 Å². The van der Waals surface area contributed by atoms with Gasteiger partial charge in [0.2, 0.25) is 0 Å². The molecule has 0 amide bonds. The van der Waals surface area contributed by atoms with Crippen LogP contribution in [0.15, 0.2) is 12.5 Å². The number of H-pyrrole nitrogens is 1. The Morgan fingerprint density at radius 2 is 2.25 bits per heavy atom. The van der Waals surface area contributed by atoms with Gasteiger partial charge in [-0.05, 0) is 31.1 Å². The average Bonchev–Trinajstić information content (AvgIpc) is 2.55. The fraction of sp³-hybridized carbons (Fsp3) is 0.700. The molecule has 2 nitrogen and oxygen atoms in total. The van der Waals surface area contributed by atoms with Crippen LogP contribution in [-0.4, -0.2) is 9.97 Å². The molecule has 1 heterocycles. The van der Waals surface area contributed by atoms with Crippen molar-refractivity contribution in [3.8, 4) is 0 Å². The second-order valence-corrected chi connectivity index (χ2v) is 4.90. The maximum Gasteiger partial charge on any atom is 0.0923 e. The van der Waals surface area contributed by atoms with E-state index in [2.05, 4.69) is 23.1 Å². The van der Waals surface area contributed by atoms with Gasteiger partial charge in [-0.1, -0.05) is 6.92 Å². The molecule has 1 aromatic rings. The predicted octanol–water partition coefficient (Wildman–Crippen LogP) is 2.24. The second kappa shape index (κ2) is 1.76. The molecule has 0 radical (unpaired) electrons. The molecule has 64 valence electrons. The first-order valence-electron chi connectivity index (χ1n) is 4.72. The first-order valence-corrected chi connectivity index (χ1v) is 4.72. The van der Waals surface area contributed by atoms with Crippen molar-refractivity contribution in [3.63, 3.8) is 0 Å². The van der Waals surface area contributed by atoms with Gasteiger partial charge in [0.15, 0.2) is 0 Å². The molecule has 3 aliphatic carbocycles. The third-order valence-electron chi connectivity index (χ3n) is 3.78. The largest absolute Gasteiger partial charge is 0.351 e. The van der Waals surface area contributed by atoms with Crippen LogP contribution in [0.1, 0.15) is 38.3 Å². The summed E-state index contributed by atoms with van der Waals surface area (Å²) < 4.78 is 0. The normalized spacial score (nSPS) is 44.4. The average molecular weight is 162 g/mol. The minimum absolute atomic E-state index is 0.481. The number of nitrogens with zero attached hydrogens (tertiary/aromatic N) is 1. The van der Waals surface area contributed by atoms with Crippen molar-refractivity contribution in [1.82, 2.24) is 9.97 Å². The third-order valence-corrected chi connectivity index (χ3v) is 3.78. The second-order valence-electron chi connectivity index (χ2n) is 4.90. The lowest BCUT2D eigenvalue weighted by Crippen LogP contribution is -2.39. The van der Waals surface area contributed by atoms with Crippen LogP contribution < -0.4 is 0 Å². The highest BCUT2D eigenvalue weighted by molar-refractivity contribution is 5.26. The fourth-order valence-corrected chi connectivity index (χ4v) is 3.34. The van der Waals surface area contributed by atoms with Gasteiger partial charge in [-0.3, -0.25) is 0 Å². The zero-order valence-electron chi connectivity index (χ0n) is 7.43. The van der Waals surface area contributed by atoms with E-state index in [1.165, 1.54) is 31.4 Å². The summed E-state index contributed by atoms with van der Waals surface area (Å²) in [6, 6.07) is 0. The number of hydrogen-bond donors (Lipinski definition) is 1. The predicted molar refractivity (Wildman–Crippen MR) is 46.8 cm³/mol. The van der Waals surface area contributed by atoms with Crippen LogP contribution in [-0.2, 0) is 5.41 Å². The molecule has 3 aliphatic rings. The van der Waals surface area contributed by atoms with Gasteiger partial charge >= 0.3 is 0 Å². The van der Waals surface area contributed by atoms with Gasteiger partial charge in [0.05, 0.1) is 12.0 Å². The van der Waals surface area contributed by atoms with Gasteiger partial charge < -0.3 is 4.98 Å². The van der Waals surface area contributed by atoms with Gasteiger partial charge in [-0.15, -0.1) is 0 Å². The number of hydrogen-bond acceptors (Lipinski definition) is 1. The third kappa shape index (κ3) is 0.637. The molecule has 3 saturated carbocycles. The van der Waals surface area contributed by atoms with Gasteiger partial charge in [0.1, 0.15) is 0 Å². The maximum absolute atomic E-state index is 4.38. The lowest BCUT2D eigenvalue weighted by Gasteiger charge is -2.44. The maximum atomic E-state index is 4.38. The Bertz CT molecular complexity index is 294. The molecular weight excluding hydrogens is 148 g/mol. The van der Waals surface area contributed by atoms with Crippen LogP contribution in [0.3, 0.4) is 0 Å². The molecule has 3 fully saturated rings. The van der Waals surface area contributed by atoms with Crippen molar-refractivity contribution in [3.05, 3.63) is 18.2 Å². The Morgan fingerprint density at radius 3 is 2.75 bits per heavy atom. The van der Waals surface area contributed by atoms with Crippen LogP contribution in [0.5, 0.6) is 0 Å². The minimum Gasteiger partial charge on any atom is -0.351 e. The first kappa shape index (κ1) is 6.70. The van der Waals surface area contributed by atoms with E-state index < -0.39 is 0 Å². The Balaban J connectivity index is 1.97. The molecule has 2 heteroatoms. The van der Waals surface area contributed by atoms with Crippen molar-refractivity contribution < 1.29 is 0 Å². The van der Waals surface area contributed by atoms with Crippen molar-refractivity contribution >= 4 is 0 Å².